The van der Waals surface area contributed by atoms with Crippen molar-refractivity contribution in [3.63, 3.8) is 0 Å². The average Bonchev–Trinajstić information content (AvgIpc) is 3.02. The third-order valence-corrected chi connectivity index (χ3v) is 4.05. The summed E-state index contributed by atoms with van der Waals surface area (Å²) < 4.78 is 1.89. The van der Waals surface area contributed by atoms with Crippen molar-refractivity contribution in [1.82, 2.24) is 14.8 Å². The van der Waals surface area contributed by atoms with Crippen LogP contribution in [0.3, 0.4) is 0 Å². The van der Waals surface area contributed by atoms with Gasteiger partial charge in [-0.05, 0) is 17.7 Å². The van der Waals surface area contributed by atoms with Gasteiger partial charge in [0.2, 0.25) is 0 Å². The van der Waals surface area contributed by atoms with E-state index in [4.69, 9.17) is 0 Å². The number of para-hydroxylation sites is 1. The first-order valence-corrected chi connectivity index (χ1v) is 7.54. The minimum Gasteiger partial charge on any atom is -0.277 e. The fourth-order valence-electron chi connectivity index (χ4n) is 2.00. The van der Waals surface area contributed by atoms with Crippen molar-refractivity contribution >= 4 is 17.4 Å². The van der Waals surface area contributed by atoms with Gasteiger partial charge in [-0.15, -0.1) is 10.2 Å². The van der Waals surface area contributed by atoms with Gasteiger partial charge in [0.1, 0.15) is 6.33 Å². The van der Waals surface area contributed by atoms with E-state index in [1.807, 2.05) is 41.0 Å². The predicted molar refractivity (Wildman–Crippen MR) is 84.0 cm³/mol. The molecule has 3 rings (SSSR count). The number of hydrogen-bond donors (Lipinski definition) is 0. The van der Waals surface area contributed by atoms with Crippen molar-refractivity contribution in [3.8, 4) is 5.69 Å². The van der Waals surface area contributed by atoms with Crippen molar-refractivity contribution in [2.45, 2.75) is 10.9 Å². The molecular formula is C15H12N4O2S. The molecule has 0 atom stereocenters. The van der Waals surface area contributed by atoms with Crippen LogP contribution in [0, 0.1) is 10.1 Å². The Balaban J connectivity index is 1.77. The standard InChI is InChI=1S/C15H12N4O2S/c20-19(21)14-8-4-5-12(9-14)10-22-15-17-16-11-18(15)13-6-2-1-3-7-13/h1-9,11H,10H2. The molecule has 1 heterocycles. The predicted octanol–water partition coefficient (Wildman–Crippen LogP) is 3.47. The molecule has 7 heteroatoms. The van der Waals surface area contributed by atoms with Crippen molar-refractivity contribution in [2.24, 2.45) is 0 Å². The number of aromatic nitrogens is 3. The largest absolute Gasteiger partial charge is 0.277 e. The van der Waals surface area contributed by atoms with Gasteiger partial charge in [-0.2, -0.15) is 0 Å². The minimum atomic E-state index is -0.388. The Morgan fingerprint density at radius 1 is 1.14 bits per heavy atom. The first kappa shape index (κ1) is 14.3. The summed E-state index contributed by atoms with van der Waals surface area (Å²) in [7, 11) is 0. The zero-order valence-corrected chi connectivity index (χ0v) is 12.3. The summed E-state index contributed by atoms with van der Waals surface area (Å²) in [5.74, 6) is 0.590. The highest BCUT2D eigenvalue weighted by atomic mass is 32.2. The van der Waals surface area contributed by atoms with Gasteiger partial charge >= 0.3 is 0 Å². The first-order valence-electron chi connectivity index (χ1n) is 6.55. The topological polar surface area (TPSA) is 73.8 Å². The zero-order chi connectivity index (χ0) is 15.4. The van der Waals surface area contributed by atoms with E-state index >= 15 is 0 Å². The summed E-state index contributed by atoms with van der Waals surface area (Å²) in [5, 5.41) is 19.6. The lowest BCUT2D eigenvalue weighted by molar-refractivity contribution is -0.384. The zero-order valence-electron chi connectivity index (χ0n) is 11.5. The molecule has 0 unspecified atom stereocenters. The van der Waals surface area contributed by atoms with E-state index in [2.05, 4.69) is 10.2 Å². The van der Waals surface area contributed by atoms with E-state index in [0.29, 0.717) is 5.75 Å². The van der Waals surface area contributed by atoms with Crippen LogP contribution < -0.4 is 0 Å². The second-order valence-corrected chi connectivity index (χ2v) is 5.48. The van der Waals surface area contributed by atoms with E-state index in [0.717, 1.165) is 16.4 Å². The van der Waals surface area contributed by atoms with Gasteiger partial charge in [0, 0.05) is 23.6 Å². The second-order valence-electron chi connectivity index (χ2n) is 4.53. The smallest absolute Gasteiger partial charge is 0.269 e. The molecule has 0 saturated carbocycles. The Hall–Kier alpha value is -2.67. The molecule has 0 radical (unpaired) electrons. The minimum absolute atomic E-state index is 0.0997. The molecule has 3 aromatic rings. The van der Waals surface area contributed by atoms with Crippen LogP contribution in [0.5, 0.6) is 0 Å². The summed E-state index contributed by atoms with van der Waals surface area (Å²) in [4.78, 5) is 10.4. The maximum Gasteiger partial charge on any atom is 0.269 e. The number of nitrogens with zero attached hydrogens (tertiary/aromatic N) is 4. The van der Waals surface area contributed by atoms with Gasteiger partial charge in [-0.3, -0.25) is 14.7 Å². The van der Waals surface area contributed by atoms with Crippen LogP contribution in [0.2, 0.25) is 0 Å². The van der Waals surface area contributed by atoms with Crippen molar-refractivity contribution in [3.05, 3.63) is 76.6 Å². The molecular weight excluding hydrogens is 300 g/mol. The molecule has 110 valence electrons. The molecule has 6 nitrogen and oxygen atoms in total. The summed E-state index contributed by atoms with van der Waals surface area (Å²) in [5.41, 5.74) is 1.96. The van der Waals surface area contributed by atoms with Gasteiger partial charge in [0.05, 0.1) is 4.92 Å². The Morgan fingerprint density at radius 3 is 2.73 bits per heavy atom. The maximum atomic E-state index is 10.8. The highest BCUT2D eigenvalue weighted by Crippen LogP contribution is 2.24. The molecule has 0 N–H and O–H groups in total. The van der Waals surface area contributed by atoms with Gasteiger partial charge < -0.3 is 0 Å². The molecule has 22 heavy (non-hydrogen) atoms. The van der Waals surface area contributed by atoms with E-state index in [1.54, 1.807) is 18.5 Å². The van der Waals surface area contributed by atoms with Crippen LogP contribution in [-0.4, -0.2) is 19.7 Å². The third-order valence-electron chi connectivity index (χ3n) is 3.04. The van der Waals surface area contributed by atoms with Crippen LogP contribution in [0.4, 0.5) is 5.69 Å². The Labute approximate surface area is 131 Å². The molecule has 0 aliphatic carbocycles. The molecule has 1 aromatic heterocycles. The van der Waals surface area contributed by atoms with Gasteiger partial charge in [-0.25, -0.2) is 0 Å². The SMILES string of the molecule is O=[N+]([O-])c1cccc(CSc2nncn2-c2ccccc2)c1. The summed E-state index contributed by atoms with van der Waals surface area (Å²) in [6.07, 6.45) is 1.66. The molecule has 0 aliphatic heterocycles. The third kappa shape index (κ3) is 3.15. The Morgan fingerprint density at radius 2 is 1.95 bits per heavy atom. The maximum absolute atomic E-state index is 10.8. The van der Waals surface area contributed by atoms with E-state index in [9.17, 15) is 10.1 Å². The van der Waals surface area contributed by atoms with E-state index in [-0.39, 0.29) is 10.6 Å². The van der Waals surface area contributed by atoms with Gasteiger partial charge in [0.15, 0.2) is 5.16 Å². The molecule has 0 amide bonds. The van der Waals surface area contributed by atoms with Gasteiger partial charge in [0.25, 0.3) is 5.69 Å². The fourth-order valence-corrected chi connectivity index (χ4v) is 2.87. The lowest BCUT2D eigenvalue weighted by Crippen LogP contribution is -1.95. The summed E-state index contributed by atoms with van der Waals surface area (Å²) >= 11 is 1.49. The quantitative estimate of drug-likeness (QED) is 0.410. The number of non-ortho nitro benzene ring substituents is 1. The van der Waals surface area contributed by atoms with E-state index < -0.39 is 0 Å². The van der Waals surface area contributed by atoms with E-state index in [1.165, 1.54) is 17.8 Å². The highest BCUT2D eigenvalue weighted by molar-refractivity contribution is 7.98. The number of rotatable bonds is 5. The first-order chi connectivity index (χ1) is 10.7. The van der Waals surface area contributed by atoms with Crippen molar-refractivity contribution < 1.29 is 4.92 Å². The molecule has 0 aliphatic rings. The average molecular weight is 312 g/mol. The molecule has 0 fully saturated rings. The van der Waals surface area contributed by atoms with Crippen molar-refractivity contribution in [1.29, 1.82) is 0 Å². The molecule has 0 bridgehead atoms. The lowest BCUT2D eigenvalue weighted by Gasteiger charge is -2.06. The number of benzene rings is 2. The molecule has 2 aromatic carbocycles. The summed E-state index contributed by atoms with van der Waals surface area (Å²) in [6.45, 7) is 0. The van der Waals surface area contributed by atoms with Crippen molar-refractivity contribution in [2.75, 3.05) is 0 Å². The fraction of sp³-hybridized carbons (Fsp3) is 0.0667. The van der Waals surface area contributed by atoms with Crippen LogP contribution in [0.1, 0.15) is 5.56 Å². The monoisotopic (exact) mass is 312 g/mol. The van der Waals surface area contributed by atoms with Crippen LogP contribution in [0.15, 0.2) is 66.1 Å². The molecule has 0 spiro atoms. The van der Waals surface area contributed by atoms with Crippen LogP contribution in [-0.2, 0) is 5.75 Å². The summed E-state index contributed by atoms with van der Waals surface area (Å²) in [6, 6.07) is 16.4. The normalized spacial score (nSPS) is 10.5. The van der Waals surface area contributed by atoms with Gasteiger partial charge in [-0.1, -0.05) is 42.1 Å². The highest BCUT2D eigenvalue weighted by Gasteiger charge is 2.09. The van der Waals surface area contributed by atoms with Crippen LogP contribution >= 0.6 is 11.8 Å². The second kappa shape index (κ2) is 6.40. The number of hydrogen-bond acceptors (Lipinski definition) is 5. The Bertz CT molecular complexity index is 789. The number of nitro benzene ring substituents is 1. The number of nitro groups is 1. The van der Waals surface area contributed by atoms with Crippen LogP contribution in [0.25, 0.3) is 5.69 Å². The lowest BCUT2D eigenvalue weighted by atomic mass is 10.2. The molecule has 0 saturated heterocycles. The number of thioether (sulfide) groups is 1. The Kier molecular flexibility index (Phi) is 4.15.